The van der Waals surface area contributed by atoms with Crippen molar-refractivity contribution in [1.29, 1.82) is 0 Å². The minimum absolute atomic E-state index is 0.104. The zero-order valence-electron chi connectivity index (χ0n) is 16.1. The summed E-state index contributed by atoms with van der Waals surface area (Å²) in [5.41, 5.74) is 1.29. The molecule has 0 aromatic heterocycles. The van der Waals surface area contributed by atoms with Crippen LogP contribution in [0.4, 0.5) is 4.79 Å². The Kier molecular flexibility index (Phi) is 5.67. The van der Waals surface area contributed by atoms with Crippen LogP contribution in [-0.2, 0) is 25.5 Å². The lowest BCUT2D eigenvalue weighted by Gasteiger charge is -2.26. The van der Waals surface area contributed by atoms with Gasteiger partial charge in [0.1, 0.15) is 12.1 Å². The average Bonchev–Trinajstić information content (AvgIpc) is 2.90. The van der Waals surface area contributed by atoms with Crippen LogP contribution in [0.25, 0.3) is 0 Å². The second-order valence-electron chi connectivity index (χ2n) is 7.38. The number of fused-ring (bicyclic) bond motifs is 1. The van der Waals surface area contributed by atoms with Crippen LogP contribution >= 0.6 is 0 Å². The molecule has 8 heteroatoms. The van der Waals surface area contributed by atoms with Gasteiger partial charge in [-0.15, -0.1) is 0 Å². The maximum atomic E-state index is 12.3. The number of esters is 1. The summed E-state index contributed by atoms with van der Waals surface area (Å²) in [5, 5.41) is 5.45. The maximum Gasteiger partial charge on any atom is 0.326 e. The predicted octanol–water partition coefficient (Wildman–Crippen LogP) is 1.44. The highest BCUT2D eigenvalue weighted by atomic mass is 16.5. The van der Waals surface area contributed by atoms with Gasteiger partial charge in [0.25, 0.3) is 11.8 Å². The van der Waals surface area contributed by atoms with Crippen LogP contribution in [0, 0.1) is 0 Å². The molecule has 0 spiro atoms. The van der Waals surface area contributed by atoms with Gasteiger partial charge in [0, 0.05) is 0 Å². The number of benzene rings is 1. The fourth-order valence-electron chi connectivity index (χ4n) is 3.59. The van der Waals surface area contributed by atoms with Gasteiger partial charge in [0.15, 0.2) is 6.61 Å². The number of aryl methyl sites for hydroxylation is 1. The van der Waals surface area contributed by atoms with E-state index in [9.17, 15) is 19.2 Å². The number of imide groups is 1. The first-order valence-corrected chi connectivity index (χ1v) is 9.51. The Morgan fingerprint density at radius 3 is 2.79 bits per heavy atom. The number of urea groups is 1. The molecule has 1 aromatic rings. The molecule has 2 aliphatic rings. The number of nitrogens with one attached hydrogen (secondary N) is 2. The summed E-state index contributed by atoms with van der Waals surface area (Å²) >= 11 is 0. The lowest BCUT2D eigenvalue weighted by atomic mass is 9.88. The second-order valence-corrected chi connectivity index (χ2v) is 7.38. The smallest absolute Gasteiger partial charge is 0.326 e. The fourth-order valence-corrected chi connectivity index (χ4v) is 3.59. The summed E-state index contributed by atoms with van der Waals surface area (Å²) in [5.74, 6) is -1.69. The first-order valence-electron chi connectivity index (χ1n) is 9.51. The van der Waals surface area contributed by atoms with E-state index in [1.807, 2.05) is 18.2 Å². The lowest BCUT2D eigenvalue weighted by molar-refractivity contribution is -0.151. The number of rotatable bonds is 6. The topological polar surface area (TPSA) is 105 Å². The summed E-state index contributed by atoms with van der Waals surface area (Å²) in [4.78, 5) is 49.2. The van der Waals surface area contributed by atoms with Gasteiger partial charge in [-0.3, -0.25) is 19.3 Å². The van der Waals surface area contributed by atoms with Crippen LogP contribution < -0.4 is 10.6 Å². The molecular weight excluding hydrogens is 362 g/mol. The molecule has 1 aliphatic carbocycles. The van der Waals surface area contributed by atoms with E-state index < -0.39 is 42.5 Å². The molecule has 0 unspecified atom stereocenters. The van der Waals surface area contributed by atoms with E-state index in [-0.39, 0.29) is 6.04 Å². The van der Waals surface area contributed by atoms with Crippen molar-refractivity contribution < 1.29 is 23.9 Å². The Balaban J connectivity index is 1.50. The Hall–Kier alpha value is -2.90. The van der Waals surface area contributed by atoms with Crippen LogP contribution in [0.15, 0.2) is 24.3 Å². The normalized spacial score (nSPS) is 23.8. The standard InChI is InChI=1S/C20H25N3O5/c1-3-20(2)18(26)23(19(27)22-20)11-17(25)28-12-16(24)21-15-10-6-8-13-7-4-5-9-14(13)15/h4-5,7,9,15H,3,6,8,10-12H2,1-2H3,(H,21,24)(H,22,27)/t15-,20-/m0/s1. The van der Waals surface area contributed by atoms with Crippen molar-refractivity contribution in [1.82, 2.24) is 15.5 Å². The number of nitrogens with zero attached hydrogens (tertiary/aromatic N) is 1. The highest BCUT2D eigenvalue weighted by molar-refractivity contribution is 6.08. The third-order valence-electron chi connectivity index (χ3n) is 5.41. The number of ether oxygens (including phenoxy) is 1. The Morgan fingerprint density at radius 1 is 1.32 bits per heavy atom. The highest BCUT2D eigenvalue weighted by Gasteiger charge is 2.47. The maximum absolute atomic E-state index is 12.3. The molecule has 4 amide bonds. The van der Waals surface area contributed by atoms with Gasteiger partial charge in [-0.1, -0.05) is 31.2 Å². The third kappa shape index (κ3) is 4.00. The highest BCUT2D eigenvalue weighted by Crippen LogP contribution is 2.29. The summed E-state index contributed by atoms with van der Waals surface area (Å²) in [6.07, 6.45) is 3.20. The molecule has 0 radical (unpaired) electrons. The molecule has 2 atom stereocenters. The van der Waals surface area contributed by atoms with E-state index in [1.165, 1.54) is 5.56 Å². The van der Waals surface area contributed by atoms with Crippen molar-refractivity contribution in [2.45, 2.75) is 51.1 Å². The summed E-state index contributed by atoms with van der Waals surface area (Å²) < 4.78 is 4.97. The number of amides is 4. The van der Waals surface area contributed by atoms with Gasteiger partial charge in [0.05, 0.1) is 6.04 Å². The monoisotopic (exact) mass is 387 g/mol. The zero-order chi connectivity index (χ0) is 20.3. The quantitative estimate of drug-likeness (QED) is 0.568. The van der Waals surface area contributed by atoms with Gasteiger partial charge >= 0.3 is 12.0 Å². The molecule has 0 bridgehead atoms. The molecule has 3 rings (SSSR count). The minimum atomic E-state index is -1.01. The summed E-state index contributed by atoms with van der Waals surface area (Å²) in [7, 11) is 0. The molecule has 150 valence electrons. The Morgan fingerprint density at radius 2 is 2.07 bits per heavy atom. The Labute approximate surface area is 163 Å². The first kappa shape index (κ1) is 19.9. The molecule has 1 fully saturated rings. The van der Waals surface area contributed by atoms with E-state index in [1.54, 1.807) is 13.8 Å². The van der Waals surface area contributed by atoms with Crippen molar-refractivity contribution in [3.05, 3.63) is 35.4 Å². The zero-order valence-corrected chi connectivity index (χ0v) is 16.1. The van der Waals surface area contributed by atoms with Crippen LogP contribution in [-0.4, -0.2) is 47.4 Å². The molecule has 28 heavy (non-hydrogen) atoms. The largest absolute Gasteiger partial charge is 0.454 e. The summed E-state index contributed by atoms with van der Waals surface area (Å²) in [6, 6.07) is 7.22. The number of hydrogen-bond donors (Lipinski definition) is 2. The van der Waals surface area contributed by atoms with Gasteiger partial charge in [0.2, 0.25) is 0 Å². The van der Waals surface area contributed by atoms with E-state index in [2.05, 4.69) is 16.7 Å². The molecule has 0 saturated carbocycles. The van der Waals surface area contributed by atoms with E-state index >= 15 is 0 Å². The molecule has 1 saturated heterocycles. The van der Waals surface area contributed by atoms with Crippen molar-refractivity contribution in [3.63, 3.8) is 0 Å². The van der Waals surface area contributed by atoms with E-state index in [0.29, 0.717) is 6.42 Å². The van der Waals surface area contributed by atoms with Crippen molar-refractivity contribution in [2.75, 3.05) is 13.2 Å². The molecule has 1 aliphatic heterocycles. The van der Waals surface area contributed by atoms with Crippen LogP contribution in [0.3, 0.4) is 0 Å². The summed E-state index contributed by atoms with van der Waals surface area (Å²) in [6.45, 7) is 2.41. The number of carbonyl (C=O) groups is 4. The molecule has 1 heterocycles. The van der Waals surface area contributed by atoms with Gasteiger partial charge < -0.3 is 15.4 Å². The third-order valence-corrected chi connectivity index (χ3v) is 5.41. The SMILES string of the molecule is CC[C@]1(C)NC(=O)N(CC(=O)OCC(=O)N[C@H]2CCCc3ccccc32)C1=O. The van der Waals surface area contributed by atoms with Gasteiger partial charge in [-0.25, -0.2) is 4.79 Å². The van der Waals surface area contributed by atoms with Crippen LogP contribution in [0.1, 0.15) is 50.3 Å². The van der Waals surface area contributed by atoms with E-state index in [4.69, 9.17) is 4.74 Å². The van der Waals surface area contributed by atoms with Gasteiger partial charge in [-0.05, 0) is 43.7 Å². The first-order chi connectivity index (χ1) is 13.3. The Bertz CT molecular complexity index is 809. The average molecular weight is 387 g/mol. The van der Waals surface area contributed by atoms with Crippen LogP contribution in [0.2, 0.25) is 0 Å². The molecule has 2 N–H and O–H groups in total. The molecule has 1 aromatic carbocycles. The van der Waals surface area contributed by atoms with Crippen molar-refractivity contribution in [2.24, 2.45) is 0 Å². The van der Waals surface area contributed by atoms with Gasteiger partial charge in [-0.2, -0.15) is 0 Å². The van der Waals surface area contributed by atoms with Crippen LogP contribution in [0.5, 0.6) is 0 Å². The predicted molar refractivity (Wildman–Crippen MR) is 100 cm³/mol. The molecular formula is C20H25N3O5. The molecule has 8 nitrogen and oxygen atoms in total. The minimum Gasteiger partial charge on any atom is -0.454 e. The second kappa shape index (κ2) is 8.00. The van der Waals surface area contributed by atoms with Crippen molar-refractivity contribution in [3.8, 4) is 0 Å². The fraction of sp³-hybridized carbons (Fsp3) is 0.500. The van der Waals surface area contributed by atoms with Crippen molar-refractivity contribution >= 4 is 23.8 Å². The number of hydrogen-bond acceptors (Lipinski definition) is 5. The lowest BCUT2D eigenvalue weighted by Crippen LogP contribution is -2.43. The van der Waals surface area contributed by atoms with E-state index in [0.717, 1.165) is 29.7 Å². The number of carbonyl (C=O) groups excluding carboxylic acids is 4.